The molecule has 2 aromatic heterocycles. The number of aromatic nitrogens is 3. The predicted molar refractivity (Wildman–Crippen MR) is 111 cm³/mol. The van der Waals surface area contributed by atoms with Crippen LogP contribution in [0.15, 0.2) is 66.3 Å². The Bertz CT molecular complexity index is 1260. The van der Waals surface area contributed by atoms with Crippen LogP contribution in [0.5, 0.6) is 0 Å². The first-order valence-electron chi connectivity index (χ1n) is 8.62. The van der Waals surface area contributed by atoms with E-state index >= 15 is 0 Å². The van der Waals surface area contributed by atoms with E-state index in [-0.39, 0.29) is 5.91 Å². The summed E-state index contributed by atoms with van der Waals surface area (Å²) in [6.45, 7) is 0. The fourth-order valence-electron chi connectivity index (χ4n) is 2.78. The molecule has 0 aliphatic carbocycles. The Morgan fingerprint density at radius 3 is 2.60 bits per heavy atom. The van der Waals surface area contributed by atoms with Gasteiger partial charge in [0, 0.05) is 34.6 Å². The van der Waals surface area contributed by atoms with Crippen molar-refractivity contribution in [2.45, 2.75) is 6.18 Å². The molecule has 4 aromatic rings. The van der Waals surface area contributed by atoms with Crippen molar-refractivity contribution in [1.82, 2.24) is 14.5 Å². The van der Waals surface area contributed by atoms with Gasteiger partial charge in [-0.1, -0.05) is 12.1 Å². The molecule has 10 heteroatoms. The minimum atomic E-state index is -4.43. The zero-order valence-electron chi connectivity index (χ0n) is 15.1. The number of halogens is 3. The van der Waals surface area contributed by atoms with Gasteiger partial charge in [0.05, 0.1) is 11.3 Å². The molecule has 0 radical (unpaired) electrons. The number of nitrogens with one attached hydrogen (secondary N) is 2. The van der Waals surface area contributed by atoms with E-state index in [2.05, 4.69) is 15.3 Å². The lowest BCUT2D eigenvalue weighted by molar-refractivity contribution is -0.137. The van der Waals surface area contributed by atoms with Crippen molar-refractivity contribution in [3.8, 4) is 16.9 Å². The van der Waals surface area contributed by atoms with E-state index in [1.807, 2.05) is 0 Å². The maximum atomic E-state index is 12.9. The minimum Gasteiger partial charge on any atom is -0.337 e. The van der Waals surface area contributed by atoms with Gasteiger partial charge in [-0.25, -0.2) is 4.98 Å². The molecule has 0 saturated carbocycles. The molecule has 0 aliphatic rings. The van der Waals surface area contributed by atoms with Crippen LogP contribution in [0, 0.1) is 4.77 Å². The standard InChI is InChI=1S/C20H13F3N4OS2/c21-20(22,23)14-3-1-2-13(10-14)16-11-30-18(25-16)26-17(28)12-4-6-15(7-5-12)27-9-8-24-19(27)29/h1-11H,(H,24,29)(H,25,26,28). The van der Waals surface area contributed by atoms with Crippen LogP contribution in [0.25, 0.3) is 16.9 Å². The van der Waals surface area contributed by atoms with E-state index in [9.17, 15) is 18.0 Å². The first-order chi connectivity index (χ1) is 14.3. The van der Waals surface area contributed by atoms with E-state index in [4.69, 9.17) is 12.2 Å². The summed E-state index contributed by atoms with van der Waals surface area (Å²) in [7, 11) is 0. The number of nitrogens with zero attached hydrogens (tertiary/aromatic N) is 2. The highest BCUT2D eigenvalue weighted by Gasteiger charge is 2.30. The van der Waals surface area contributed by atoms with Gasteiger partial charge in [0.1, 0.15) is 0 Å². The van der Waals surface area contributed by atoms with Gasteiger partial charge in [-0.05, 0) is 48.6 Å². The lowest BCUT2D eigenvalue weighted by atomic mass is 10.1. The van der Waals surface area contributed by atoms with E-state index in [0.29, 0.717) is 26.7 Å². The zero-order chi connectivity index (χ0) is 21.3. The molecule has 152 valence electrons. The van der Waals surface area contributed by atoms with Crippen LogP contribution in [-0.2, 0) is 6.18 Å². The van der Waals surface area contributed by atoms with Crippen LogP contribution in [0.3, 0.4) is 0 Å². The van der Waals surface area contributed by atoms with Crippen LogP contribution in [-0.4, -0.2) is 20.4 Å². The fraction of sp³-hybridized carbons (Fsp3) is 0.0500. The summed E-state index contributed by atoms with van der Waals surface area (Å²) in [5.74, 6) is -0.371. The number of rotatable bonds is 4. The molecule has 2 heterocycles. The van der Waals surface area contributed by atoms with Crippen molar-refractivity contribution in [1.29, 1.82) is 0 Å². The Labute approximate surface area is 177 Å². The molecule has 0 unspecified atom stereocenters. The first kappa shape index (κ1) is 20.0. The largest absolute Gasteiger partial charge is 0.416 e. The molecule has 2 aromatic carbocycles. The second kappa shape index (κ2) is 7.88. The summed E-state index contributed by atoms with van der Waals surface area (Å²) in [6, 6.07) is 11.7. The smallest absolute Gasteiger partial charge is 0.337 e. The third-order valence-electron chi connectivity index (χ3n) is 4.27. The third kappa shape index (κ3) is 4.19. The van der Waals surface area contributed by atoms with Gasteiger partial charge in [-0.2, -0.15) is 13.2 Å². The lowest BCUT2D eigenvalue weighted by Crippen LogP contribution is -2.11. The number of alkyl halides is 3. The lowest BCUT2D eigenvalue weighted by Gasteiger charge is -2.07. The van der Waals surface area contributed by atoms with E-state index < -0.39 is 11.7 Å². The highest BCUT2D eigenvalue weighted by Crippen LogP contribution is 2.33. The molecule has 0 fully saturated rings. The number of H-pyrrole nitrogens is 1. The van der Waals surface area contributed by atoms with Gasteiger partial charge in [0.15, 0.2) is 9.90 Å². The summed E-state index contributed by atoms with van der Waals surface area (Å²) in [5, 5.41) is 4.57. The molecule has 0 atom stereocenters. The maximum absolute atomic E-state index is 12.9. The monoisotopic (exact) mass is 446 g/mol. The quantitative estimate of drug-likeness (QED) is 0.382. The van der Waals surface area contributed by atoms with Crippen molar-refractivity contribution in [3.63, 3.8) is 0 Å². The molecule has 30 heavy (non-hydrogen) atoms. The van der Waals surface area contributed by atoms with Crippen LogP contribution < -0.4 is 5.32 Å². The summed E-state index contributed by atoms with van der Waals surface area (Å²) >= 11 is 6.31. The molecule has 0 bridgehead atoms. The number of hydrogen-bond acceptors (Lipinski definition) is 4. The van der Waals surface area contributed by atoms with Gasteiger partial charge >= 0.3 is 6.18 Å². The van der Waals surface area contributed by atoms with Crippen LogP contribution in [0.4, 0.5) is 18.3 Å². The highest BCUT2D eigenvalue weighted by atomic mass is 32.1. The average molecular weight is 446 g/mol. The normalized spacial score (nSPS) is 11.4. The number of hydrogen-bond donors (Lipinski definition) is 2. The number of aromatic amines is 1. The first-order valence-corrected chi connectivity index (χ1v) is 9.91. The van der Waals surface area contributed by atoms with Gasteiger partial charge in [0.25, 0.3) is 5.91 Å². The molecule has 4 rings (SSSR count). The molecular weight excluding hydrogens is 433 g/mol. The molecule has 0 saturated heterocycles. The van der Waals surface area contributed by atoms with Crippen molar-refractivity contribution in [2.75, 3.05) is 5.32 Å². The average Bonchev–Trinajstić information content (AvgIpc) is 3.36. The summed E-state index contributed by atoms with van der Waals surface area (Å²) in [4.78, 5) is 19.6. The molecule has 2 N–H and O–H groups in total. The highest BCUT2D eigenvalue weighted by molar-refractivity contribution is 7.71. The Morgan fingerprint density at radius 1 is 1.17 bits per heavy atom. The van der Waals surface area contributed by atoms with Gasteiger partial charge in [-0.3, -0.25) is 14.7 Å². The fourth-order valence-corrected chi connectivity index (χ4v) is 3.73. The number of amides is 1. The summed E-state index contributed by atoms with van der Waals surface area (Å²) in [6.07, 6.45) is -0.935. The van der Waals surface area contributed by atoms with Crippen molar-refractivity contribution < 1.29 is 18.0 Å². The van der Waals surface area contributed by atoms with Crippen molar-refractivity contribution in [3.05, 3.63) is 82.2 Å². The minimum absolute atomic E-state index is 0.296. The summed E-state index contributed by atoms with van der Waals surface area (Å²) in [5.41, 5.74) is 1.16. The predicted octanol–water partition coefficient (Wildman–Crippen LogP) is 5.93. The number of benzene rings is 2. The van der Waals surface area contributed by atoms with Crippen molar-refractivity contribution >= 4 is 34.6 Å². The van der Waals surface area contributed by atoms with Gasteiger partial charge in [-0.15, -0.1) is 11.3 Å². The molecule has 1 amide bonds. The second-order valence-corrected chi connectivity index (χ2v) is 7.50. The van der Waals surface area contributed by atoms with Crippen LogP contribution >= 0.6 is 23.6 Å². The molecular formula is C20H13F3N4OS2. The van der Waals surface area contributed by atoms with Gasteiger partial charge in [0.2, 0.25) is 0 Å². The zero-order valence-corrected chi connectivity index (χ0v) is 16.7. The number of anilines is 1. The van der Waals surface area contributed by atoms with Crippen LogP contribution in [0.1, 0.15) is 15.9 Å². The van der Waals surface area contributed by atoms with E-state index in [1.165, 1.54) is 6.07 Å². The van der Waals surface area contributed by atoms with Crippen molar-refractivity contribution in [2.24, 2.45) is 0 Å². The number of carbonyl (C=O) groups excluding carboxylic acids is 1. The van der Waals surface area contributed by atoms with E-state index in [1.54, 1.807) is 52.7 Å². The topological polar surface area (TPSA) is 62.7 Å². The molecule has 5 nitrogen and oxygen atoms in total. The molecule has 0 spiro atoms. The maximum Gasteiger partial charge on any atom is 0.416 e. The SMILES string of the molecule is O=C(Nc1nc(-c2cccc(C(F)(F)F)c2)cs1)c1ccc(-n2cc[nH]c2=S)cc1. The third-order valence-corrected chi connectivity index (χ3v) is 5.34. The molecule has 0 aliphatic heterocycles. The number of thiazole rings is 1. The van der Waals surface area contributed by atoms with Crippen LogP contribution in [0.2, 0.25) is 0 Å². The Hall–Kier alpha value is -3.24. The van der Waals surface area contributed by atoms with Gasteiger partial charge < -0.3 is 4.98 Å². The number of imidazole rings is 1. The Balaban J connectivity index is 1.49. The summed E-state index contributed by atoms with van der Waals surface area (Å²) < 4.78 is 41.0. The number of carbonyl (C=O) groups is 1. The van der Waals surface area contributed by atoms with E-state index in [0.717, 1.165) is 29.2 Å². The Kier molecular flexibility index (Phi) is 5.27. The second-order valence-electron chi connectivity index (χ2n) is 6.25. The Morgan fingerprint density at radius 2 is 1.93 bits per heavy atom.